The Morgan fingerprint density at radius 3 is 2.56 bits per heavy atom. The van der Waals surface area contributed by atoms with Gasteiger partial charge in [0.2, 0.25) is 0 Å². The van der Waals surface area contributed by atoms with Crippen molar-refractivity contribution in [2.45, 2.75) is 46.1 Å². The molecule has 1 amide bonds. The standard InChI is InChI=1S/C19H25N3O3/c1-13-8-18(21-25-13)19(23)20-9-16-6-4-5-7-17(16)12-22-10-14(2)24-15(3)11-22/h4-8,14-15H,9-12H2,1-3H3,(H,20,23)/t14-,15-/m0/s1. The van der Waals surface area contributed by atoms with Gasteiger partial charge >= 0.3 is 0 Å². The zero-order valence-electron chi connectivity index (χ0n) is 15.0. The first-order valence-electron chi connectivity index (χ1n) is 8.67. The number of hydrogen-bond donors (Lipinski definition) is 1. The second kappa shape index (κ2) is 7.80. The molecule has 1 aliphatic rings. The highest BCUT2D eigenvalue weighted by Gasteiger charge is 2.22. The van der Waals surface area contributed by atoms with E-state index in [1.807, 2.05) is 12.1 Å². The number of nitrogens with one attached hydrogen (secondary N) is 1. The van der Waals surface area contributed by atoms with Crippen LogP contribution in [-0.2, 0) is 17.8 Å². The molecule has 1 fully saturated rings. The molecule has 1 aliphatic heterocycles. The number of benzene rings is 1. The Morgan fingerprint density at radius 1 is 1.24 bits per heavy atom. The SMILES string of the molecule is Cc1cc(C(=O)NCc2ccccc2CN2C[C@H](C)O[C@@H](C)C2)no1. The maximum Gasteiger partial charge on any atom is 0.273 e. The van der Waals surface area contributed by atoms with Crippen LogP contribution in [0.15, 0.2) is 34.9 Å². The quantitative estimate of drug-likeness (QED) is 0.903. The molecule has 1 saturated heterocycles. The minimum Gasteiger partial charge on any atom is -0.373 e. The van der Waals surface area contributed by atoms with Gasteiger partial charge in [0.15, 0.2) is 5.69 Å². The number of nitrogens with zero attached hydrogens (tertiary/aromatic N) is 2. The van der Waals surface area contributed by atoms with Gasteiger partial charge in [-0.05, 0) is 31.9 Å². The molecule has 1 aromatic carbocycles. The molecule has 2 heterocycles. The Balaban J connectivity index is 1.63. The van der Waals surface area contributed by atoms with Crippen molar-refractivity contribution in [3.63, 3.8) is 0 Å². The number of rotatable bonds is 5. The van der Waals surface area contributed by atoms with E-state index in [2.05, 4.69) is 41.4 Å². The van der Waals surface area contributed by atoms with Crippen LogP contribution >= 0.6 is 0 Å². The molecule has 3 rings (SSSR count). The highest BCUT2D eigenvalue weighted by Crippen LogP contribution is 2.17. The molecule has 1 N–H and O–H groups in total. The Bertz CT molecular complexity index is 718. The van der Waals surface area contributed by atoms with E-state index in [4.69, 9.17) is 9.26 Å². The van der Waals surface area contributed by atoms with Crippen LogP contribution in [0.3, 0.4) is 0 Å². The van der Waals surface area contributed by atoms with Gasteiger partial charge in [-0.2, -0.15) is 0 Å². The van der Waals surface area contributed by atoms with E-state index < -0.39 is 0 Å². The molecule has 0 bridgehead atoms. The molecule has 0 aliphatic carbocycles. The molecule has 2 aromatic rings. The predicted molar refractivity (Wildman–Crippen MR) is 94.1 cm³/mol. The molecule has 6 heteroatoms. The number of hydrogen-bond acceptors (Lipinski definition) is 5. The fourth-order valence-electron chi connectivity index (χ4n) is 3.28. The van der Waals surface area contributed by atoms with Crippen LogP contribution in [0.5, 0.6) is 0 Å². The zero-order chi connectivity index (χ0) is 17.8. The van der Waals surface area contributed by atoms with E-state index in [0.29, 0.717) is 18.0 Å². The molecular formula is C19H25N3O3. The number of amides is 1. The Morgan fingerprint density at radius 2 is 1.92 bits per heavy atom. The van der Waals surface area contributed by atoms with Crippen molar-refractivity contribution in [2.24, 2.45) is 0 Å². The molecule has 25 heavy (non-hydrogen) atoms. The van der Waals surface area contributed by atoms with E-state index in [1.165, 1.54) is 5.56 Å². The molecule has 0 unspecified atom stereocenters. The third-order valence-corrected chi connectivity index (χ3v) is 4.31. The van der Waals surface area contributed by atoms with E-state index in [1.54, 1.807) is 13.0 Å². The molecule has 134 valence electrons. The lowest BCUT2D eigenvalue weighted by Crippen LogP contribution is -2.45. The van der Waals surface area contributed by atoms with Crippen LogP contribution in [0.2, 0.25) is 0 Å². The van der Waals surface area contributed by atoms with E-state index in [0.717, 1.165) is 25.2 Å². The Kier molecular flexibility index (Phi) is 5.50. The summed E-state index contributed by atoms with van der Waals surface area (Å²) in [6.45, 7) is 9.14. The molecule has 0 spiro atoms. The summed E-state index contributed by atoms with van der Waals surface area (Å²) in [7, 11) is 0. The number of carbonyl (C=O) groups is 1. The number of ether oxygens (including phenoxy) is 1. The first kappa shape index (κ1) is 17.6. The number of morpholine rings is 1. The monoisotopic (exact) mass is 343 g/mol. The maximum absolute atomic E-state index is 12.2. The van der Waals surface area contributed by atoms with Crippen molar-refractivity contribution in [1.29, 1.82) is 0 Å². The molecular weight excluding hydrogens is 318 g/mol. The molecule has 0 radical (unpaired) electrons. The summed E-state index contributed by atoms with van der Waals surface area (Å²) < 4.78 is 10.8. The van der Waals surface area contributed by atoms with Gasteiger partial charge in [0.25, 0.3) is 5.91 Å². The number of aromatic nitrogens is 1. The Labute approximate surface area is 148 Å². The average Bonchev–Trinajstić information content (AvgIpc) is 2.99. The van der Waals surface area contributed by atoms with Crippen LogP contribution in [0, 0.1) is 6.92 Å². The average molecular weight is 343 g/mol. The summed E-state index contributed by atoms with van der Waals surface area (Å²) in [4.78, 5) is 14.6. The maximum atomic E-state index is 12.2. The van der Waals surface area contributed by atoms with Crippen molar-refractivity contribution in [3.8, 4) is 0 Å². The molecule has 0 saturated carbocycles. The van der Waals surface area contributed by atoms with Crippen LogP contribution in [0.1, 0.15) is 41.2 Å². The van der Waals surface area contributed by atoms with Crippen LogP contribution in [0.25, 0.3) is 0 Å². The fourth-order valence-corrected chi connectivity index (χ4v) is 3.28. The third kappa shape index (κ3) is 4.67. The van der Waals surface area contributed by atoms with Gasteiger partial charge < -0.3 is 14.6 Å². The summed E-state index contributed by atoms with van der Waals surface area (Å²) in [5, 5.41) is 6.67. The fraction of sp³-hybridized carbons (Fsp3) is 0.474. The first-order chi connectivity index (χ1) is 12.0. The molecule has 6 nitrogen and oxygen atoms in total. The summed E-state index contributed by atoms with van der Waals surface area (Å²) in [5.41, 5.74) is 2.65. The van der Waals surface area contributed by atoms with E-state index in [9.17, 15) is 4.79 Å². The van der Waals surface area contributed by atoms with Crippen molar-refractivity contribution in [1.82, 2.24) is 15.4 Å². The topological polar surface area (TPSA) is 67.6 Å². The van der Waals surface area contributed by atoms with Crippen molar-refractivity contribution >= 4 is 5.91 Å². The summed E-state index contributed by atoms with van der Waals surface area (Å²) >= 11 is 0. The van der Waals surface area contributed by atoms with Gasteiger partial charge in [-0.15, -0.1) is 0 Å². The minimum atomic E-state index is -0.222. The summed E-state index contributed by atoms with van der Waals surface area (Å²) in [6.07, 6.45) is 0.483. The molecule has 1 aromatic heterocycles. The Hall–Kier alpha value is -2.18. The predicted octanol–water partition coefficient (Wildman–Crippen LogP) is 2.52. The molecule has 2 atom stereocenters. The number of carbonyl (C=O) groups excluding carboxylic acids is 1. The van der Waals surface area contributed by atoms with E-state index >= 15 is 0 Å². The van der Waals surface area contributed by atoms with Gasteiger partial charge in [-0.1, -0.05) is 29.4 Å². The lowest BCUT2D eigenvalue weighted by molar-refractivity contribution is -0.0705. The van der Waals surface area contributed by atoms with Crippen molar-refractivity contribution < 1.29 is 14.1 Å². The van der Waals surface area contributed by atoms with Crippen LogP contribution in [0.4, 0.5) is 0 Å². The van der Waals surface area contributed by atoms with Gasteiger partial charge in [0.1, 0.15) is 5.76 Å². The minimum absolute atomic E-state index is 0.222. The highest BCUT2D eigenvalue weighted by atomic mass is 16.5. The van der Waals surface area contributed by atoms with Gasteiger partial charge in [-0.25, -0.2) is 0 Å². The second-order valence-corrected chi connectivity index (χ2v) is 6.73. The van der Waals surface area contributed by atoms with Crippen LogP contribution < -0.4 is 5.32 Å². The van der Waals surface area contributed by atoms with E-state index in [-0.39, 0.29) is 18.1 Å². The summed E-state index contributed by atoms with van der Waals surface area (Å²) in [6, 6.07) is 9.84. The lowest BCUT2D eigenvalue weighted by atomic mass is 10.1. The largest absolute Gasteiger partial charge is 0.373 e. The second-order valence-electron chi connectivity index (χ2n) is 6.73. The summed E-state index contributed by atoms with van der Waals surface area (Å²) in [5.74, 6) is 0.404. The van der Waals surface area contributed by atoms with Gasteiger partial charge in [-0.3, -0.25) is 9.69 Å². The smallest absolute Gasteiger partial charge is 0.273 e. The van der Waals surface area contributed by atoms with Gasteiger partial charge in [0, 0.05) is 32.2 Å². The van der Waals surface area contributed by atoms with Crippen LogP contribution in [-0.4, -0.2) is 41.3 Å². The lowest BCUT2D eigenvalue weighted by Gasteiger charge is -2.35. The van der Waals surface area contributed by atoms with Gasteiger partial charge in [0.05, 0.1) is 12.2 Å². The highest BCUT2D eigenvalue weighted by molar-refractivity contribution is 5.92. The first-order valence-corrected chi connectivity index (χ1v) is 8.67. The zero-order valence-corrected chi connectivity index (χ0v) is 15.0. The van der Waals surface area contributed by atoms with Crippen molar-refractivity contribution in [2.75, 3.05) is 13.1 Å². The number of aryl methyl sites for hydroxylation is 1. The third-order valence-electron chi connectivity index (χ3n) is 4.31. The normalized spacial score (nSPS) is 21.2. The van der Waals surface area contributed by atoms with Crippen molar-refractivity contribution in [3.05, 3.63) is 52.9 Å².